The zero-order chi connectivity index (χ0) is 17.2. The highest BCUT2D eigenvalue weighted by Gasteiger charge is 2.26. The predicted octanol–water partition coefficient (Wildman–Crippen LogP) is 2.56. The molecular formula is C19H28N2O2. The molecule has 1 aromatic carbocycles. The Kier molecular flexibility index (Phi) is 5.12. The standard InChI is InChI=1S/C19H28N2O2/c1-13-5-6-16(19(2,3)4)11-15(13)12-17(22)21-9-7-14(8-10-21)18(20)23/h5-6,11,14H,7-10,12H2,1-4H3,(H2,20,23). The molecule has 0 spiro atoms. The lowest BCUT2D eigenvalue weighted by Gasteiger charge is -2.31. The molecule has 0 unspecified atom stereocenters. The summed E-state index contributed by atoms with van der Waals surface area (Å²) < 4.78 is 0. The Balaban J connectivity index is 2.05. The van der Waals surface area contributed by atoms with Gasteiger partial charge in [0.25, 0.3) is 0 Å². The topological polar surface area (TPSA) is 63.4 Å². The summed E-state index contributed by atoms with van der Waals surface area (Å²) in [5.41, 5.74) is 8.92. The quantitative estimate of drug-likeness (QED) is 0.931. The van der Waals surface area contributed by atoms with E-state index in [9.17, 15) is 9.59 Å². The van der Waals surface area contributed by atoms with Gasteiger partial charge in [0.15, 0.2) is 0 Å². The summed E-state index contributed by atoms with van der Waals surface area (Å²) in [7, 11) is 0. The van der Waals surface area contributed by atoms with Crippen molar-refractivity contribution in [3.05, 3.63) is 34.9 Å². The van der Waals surface area contributed by atoms with Crippen molar-refractivity contribution in [2.24, 2.45) is 11.7 Å². The van der Waals surface area contributed by atoms with Crippen LogP contribution in [0.4, 0.5) is 0 Å². The van der Waals surface area contributed by atoms with Crippen molar-refractivity contribution >= 4 is 11.8 Å². The number of piperidine rings is 1. The van der Waals surface area contributed by atoms with Gasteiger partial charge in [-0.25, -0.2) is 0 Å². The lowest BCUT2D eigenvalue weighted by Crippen LogP contribution is -2.42. The maximum Gasteiger partial charge on any atom is 0.227 e. The molecule has 1 fully saturated rings. The molecule has 126 valence electrons. The highest BCUT2D eigenvalue weighted by molar-refractivity contribution is 5.80. The lowest BCUT2D eigenvalue weighted by atomic mass is 9.85. The molecule has 0 saturated carbocycles. The Hall–Kier alpha value is -1.84. The van der Waals surface area contributed by atoms with Gasteiger partial charge in [-0.05, 0) is 41.9 Å². The Morgan fingerprint density at radius 3 is 2.35 bits per heavy atom. The van der Waals surface area contributed by atoms with Crippen LogP contribution in [0, 0.1) is 12.8 Å². The number of nitrogens with zero attached hydrogens (tertiary/aromatic N) is 1. The number of primary amides is 1. The average molecular weight is 316 g/mol. The second-order valence-electron chi connectivity index (χ2n) is 7.63. The van der Waals surface area contributed by atoms with Crippen LogP contribution in [0.3, 0.4) is 0 Å². The van der Waals surface area contributed by atoms with Crippen LogP contribution < -0.4 is 5.73 Å². The number of aryl methyl sites for hydroxylation is 1. The summed E-state index contributed by atoms with van der Waals surface area (Å²) in [5.74, 6) is -0.182. The van der Waals surface area contributed by atoms with Crippen LogP contribution >= 0.6 is 0 Å². The molecule has 1 aliphatic rings. The molecule has 1 aliphatic heterocycles. The smallest absolute Gasteiger partial charge is 0.227 e. The van der Waals surface area contributed by atoms with E-state index in [1.54, 1.807) is 0 Å². The Morgan fingerprint density at radius 1 is 1.22 bits per heavy atom. The number of likely N-dealkylation sites (tertiary alicyclic amines) is 1. The molecule has 2 rings (SSSR count). The number of hydrogen-bond donors (Lipinski definition) is 1. The van der Waals surface area contributed by atoms with E-state index in [4.69, 9.17) is 5.73 Å². The Morgan fingerprint density at radius 2 is 1.83 bits per heavy atom. The van der Waals surface area contributed by atoms with Crippen LogP contribution in [-0.2, 0) is 21.4 Å². The fourth-order valence-corrected chi connectivity index (χ4v) is 3.02. The van der Waals surface area contributed by atoms with Crippen LogP contribution in [0.2, 0.25) is 0 Å². The Labute approximate surface area is 139 Å². The first kappa shape index (κ1) is 17.5. The maximum atomic E-state index is 12.6. The van der Waals surface area contributed by atoms with Crippen LogP contribution in [-0.4, -0.2) is 29.8 Å². The molecule has 4 nitrogen and oxygen atoms in total. The molecule has 0 bridgehead atoms. The van der Waals surface area contributed by atoms with Crippen molar-refractivity contribution in [1.82, 2.24) is 4.90 Å². The van der Waals surface area contributed by atoms with Gasteiger partial charge in [0.1, 0.15) is 0 Å². The third-order valence-electron chi connectivity index (χ3n) is 4.81. The Bertz CT molecular complexity index is 594. The molecule has 1 aromatic rings. The summed E-state index contributed by atoms with van der Waals surface area (Å²) in [5, 5.41) is 0. The largest absolute Gasteiger partial charge is 0.369 e. The summed E-state index contributed by atoms with van der Waals surface area (Å²) in [6.45, 7) is 9.84. The zero-order valence-electron chi connectivity index (χ0n) is 14.7. The number of carbonyl (C=O) groups excluding carboxylic acids is 2. The molecule has 23 heavy (non-hydrogen) atoms. The van der Waals surface area contributed by atoms with E-state index >= 15 is 0 Å². The first-order chi connectivity index (χ1) is 10.7. The molecule has 1 heterocycles. The molecular weight excluding hydrogens is 288 g/mol. The first-order valence-electron chi connectivity index (χ1n) is 8.35. The third kappa shape index (κ3) is 4.34. The predicted molar refractivity (Wildman–Crippen MR) is 92.1 cm³/mol. The van der Waals surface area contributed by atoms with Gasteiger partial charge in [0.2, 0.25) is 11.8 Å². The monoisotopic (exact) mass is 316 g/mol. The number of benzene rings is 1. The van der Waals surface area contributed by atoms with Gasteiger partial charge < -0.3 is 10.6 Å². The molecule has 0 aliphatic carbocycles. The van der Waals surface area contributed by atoms with Gasteiger partial charge in [-0.1, -0.05) is 39.0 Å². The number of carbonyl (C=O) groups is 2. The van der Waals surface area contributed by atoms with Gasteiger partial charge in [-0.15, -0.1) is 0 Å². The number of amides is 2. The third-order valence-corrected chi connectivity index (χ3v) is 4.81. The van der Waals surface area contributed by atoms with Crippen molar-refractivity contribution in [2.45, 2.75) is 52.4 Å². The minimum absolute atomic E-state index is 0.0747. The molecule has 1 saturated heterocycles. The molecule has 0 radical (unpaired) electrons. The van der Waals surface area contributed by atoms with E-state index < -0.39 is 0 Å². The van der Waals surface area contributed by atoms with Crippen molar-refractivity contribution in [2.75, 3.05) is 13.1 Å². The summed E-state index contributed by atoms with van der Waals surface area (Å²) >= 11 is 0. The van der Waals surface area contributed by atoms with Crippen molar-refractivity contribution in [3.8, 4) is 0 Å². The molecule has 2 N–H and O–H groups in total. The minimum Gasteiger partial charge on any atom is -0.369 e. The second-order valence-corrected chi connectivity index (χ2v) is 7.63. The lowest BCUT2D eigenvalue weighted by molar-refractivity contribution is -0.134. The van der Waals surface area contributed by atoms with E-state index in [2.05, 4.69) is 39.0 Å². The van der Waals surface area contributed by atoms with Crippen LogP contribution in [0.1, 0.15) is 50.3 Å². The number of nitrogens with two attached hydrogens (primary N) is 1. The molecule has 0 aromatic heterocycles. The van der Waals surface area contributed by atoms with Crippen LogP contribution in [0.25, 0.3) is 0 Å². The number of hydrogen-bond acceptors (Lipinski definition) is 2. The SMILES string of the molecule is Cc1ccc(C(C)(C)C)cc1CC(=O)N1CCC(C(N)=O)CC1. The summed E-state index contributed by atoms with van der Waals surface area (Å²) in [4.78, 5) is 25.6. The molecule has 2 amide bonds. The van der Waals surface area contributed by atoms with Gasteiger partial charge in [-0.2, -0.15) is 0 Å². The van der Waals surface area contributed by atoms with Gasteiger partial charge >= 0.3 is 0 Å². The highest BCUT2D eigenvalue weighted by Crippen LogP contribution is 2.25. The normalized spacial score (nSPS) is 16.4. The van der Waals surface area contributed by atoms with Crippen LogP contribution in [0.15, 0.2) is 18.2 Å². The van der Waals surface area contributed by atoms with E-state index in [0.717, 1.165) is 11.1 Å². The van der Waals surface area contributed by atoms with Gasteiger partial charge in [0.05, 0.1) is 6.42 Å². The van der Waals surface area contributed by atoms with E-state index in [1.165, 1.54) is 5.56 Å². The summed E-state index contributed by atoms with van der Waals surface area (Å²) in [6, 6.07) is 6.40. The zero-order valence-corrected chi connectivity index (χ0v) is 14.7. The van der Waals surface area contributed by atoms with Gasteiger partial charge in [0, 0.05) is 19.0 Å². The fraction of sp³-hybridized carbons (Fsp3) is 0.579. The van der Waals surface area contributed by atoms with Crippen molar-refractivity contribution in [1.29, 1.82) is 0 Å². The fourth-order valence-electron chi connectivity index (χ4n) is 3.02. The number of rotatable bonds is 3. The van der Waals surface area contributed by atoms with Crippen LogP contribution in [0.5, 0.6) is 0 Å². The minimum atomic E-state index is -0.245. The molecule has 0 atom stereocenters. The van der Waals surface area contributed by atoms with E-state index in [1.807, 2.05) is 11.8 Å². The average Bonchev–Trinajstić information content (AvgIpc) is 2.48. The highest BCUT2D eigenvalue weighted by atomic mass is 16.2. The first-order valence-corrected chi connectivity index (χ1v) is 8.35. The van der Waals surface area contributed by atoms with Crippen molar-refractivity contribution < 1.29 is 9.59 Å². The van der Waals surface area contributed by atoms with E-state index in [0.29, 0.717) is 32.4 Å². The van der Waals surface area contributed by atoms with E-state index in [-0.39, 0.29) is 23.1 Å². The maximum absolute atomic E-state index is 12.6. The second kappa shape index (κ2) is 6.73. The van der Waals surface area contributed by atoms with Crippen molar-refractivity contribution in [3.63, 3.8) is 0 Å². The molecule has 4 heteroatoms. The van der Waals surface area contributed by atoms with Gasteiger partial charge in [-0.3, -0.25) is 9.59 Å². The summed E-state index contributed by atoms with van der Waals surface area (Å²) in [6.07, 6.45) is 1.79.